The van der Waals surface area contributed by atoms with Gasteiger partial charge in [0.15, 0.2) is 0 Å². The van der Waals surface area contributed by atoms with E-state index in [9.17, 15) is 0 Å². The molecule has 4 N–H and O–H groups in total. The molecule has 1 saturated carbocycles. The molecule has 0 bridgehead atoms. The van der Waals surface area contributed by atoms with E-state index in [-0.39, 0.29) is 0 Å². The van der Waals surface area contributed by atoms with E-state index in [2.05, 4.69) is 34.4 Å². The van der Waals surface area contributed by atoms with Crippen molar-refractivity contribution in [1.29, 1.82) is 0 Å². The number of rotatable bonds is 4. The van der Waals surface area contributed by atoms with Crippen LogP contribution in [0.4, 0.5) is 17.6 Å². The second-order valence-electron chi connectivity index (χ2n) is 5.78. The molecule has 0 saturated heterocycles. The van der Waals surface area contributed by atoms with Crippen molar-refractivity contribution in [2.75, 3.05) is 22.9 Å². The average molecular weight is 249 g/mol. The van der Waals surface area contributed by atoms with Crippen LogP contribution in [0, 0.1) is 5.41 Å². The van der Waals surface area contributed by atoms with Crippen molar-refractivity contribution in [1.82, 2.24) is 9.97 Å². The maximum absolute atomic E-state index is 5.72. The monoisotopic (exact) mass is 249 g/mol. The number of nitrogens with two attached hydrogens (primary N) is 1. The van der Waals surface area contributed by atoms with E-state index < -0.39 is 0 Å². The molecular weight excluding hydrogens is 226 g/mol. The zero-order valence-electron chi connectivity index (χ0n) is 11.5. The first-order chi connectivity index (χ1) is 8.48. The van der Waals surface area contributed by atoms with Crippen LogP contribution >= 0.6 is 0 Å². The van der Waals surface area contributed by atoms with Crippen LogP contribution in [0.25, 0.3) is 0 Å². The van der Waals surface area contributed by atoms with Crippen molar-refractivity contribution in [3.8, 4) is 0 Å². The largest absolute Gasteiger partial charge is 0.370 e. The maximum Gasteiger partial charge on any atom is 0.223 e. The summed E-state index contributed by atoms with van der Waals surface area (Å²) in [5.41, 5.74) is 6.15. The van der Waals surface area contributed by atoms with Crippen LogP contribution in [-0.4, -0.2) is 22.6 Å². The molecule has 5 heteroatoms. The highest BCUT2D eigenvalue weighted by atomic mass is 15.1. The molecule has 0 aromatic carbocycles. The number of nitrogens with one attached hydrogen (secondary N) is 2. The number of hydrogen-bond donors (Lipinski definition) is 3. The molecule has 18 heavy (non-hydrogen) atoms. The smallest absolute Gasteiger partial charge is 0.223 e. The van der Waals surface area contributed by atoms with Gasteiger partial charge in [-0.05, 0) is 31.6 Å². The second-order valence-corrected chi connectivity index (χ2v) is 5.78. The third-order valence-corrected chi connectivity index (χ3v) is 3.42. The third kappa shape index (κ3) is 3.24. The van der Waals surface area contributed by atoms with Crippen molar-refractivity contribution < 1.29 is 0 Å². The van der Waals surface area contributed by atoms with Gasteiger partial charge in [-0.15, -0.1) is 0 Å². The fourth-order valence-corrected chi connectivity index (χ4v) is 2.58. The first-order valence-corrected chi connectivity index (χ1v) is 6.63. The third-order valence-electron chi connectivity index (χ3n) is 3.42. The van der Waals surface area contributed by atoms with Crippen LogP contribution in [0.3, 0.4) is 0 Å². The summed E-state index contributed by atoms with van der Waals surface area (Å²) in [6.07, 6.45) is 3.62. The molecule has 1 unspecified atom stereocenters. The SMILES string of the molecule is CCNc1cc(NC2CCC(C)(C)C2)nc(N)n1. The maximum atomic E-state index is 5.72. The number of nitrogens with zero attached hydrogens (tertiary/aromatic N) is 2. The molecule has 2 rings (SSSR count). The number of hydrogen-bond acceptors (Lipinski definition) is 5. The molecule has 1 aliphatic carbocycles. The Bertz CT molecular complexity index is 416. The van der Waals surface area contributed by atoms with Crippen LogP contribution in [-0.2, 0) is 0 Å². The second kappa shape index (κ2) is 5.00. The number of nitrogen functional groups attached to an aromatic ring is 1. The van der Waals surface area contributed by atoms with Gasteiger partial charge in [-0.2, -0.15) is 9.97 Å². The standard InChI is InChI=1S/C13H23N5/c1-4-15-10-7-11(18-12(14)17-10)16-9-5-6-13(2,3)8-9/h7,9H,4-6,8H2,1-3H3,(H4,14,15,16,17,18). The molecule has 1 heterocycles. The minimum Gasteiger partial charge on any atom is -0.370 e. The summed E-state index contributed by atoms with van der Waals surface area (Å²) in [6.45, 7) is 7.48. The normalized spacial score (nSPS) is 21.8. The minimum absolute atomic E-state index is 0.313. The molecule has 0 aliphatic heterocycles. The van der Waals surface area contributed by atoms with E-state index in [0.717, 1.165) is 18.2 Å². The first kappa shape index (κ1) is 12.9. The molecule has 0 spiro atoms. The van der Waals surface area contributed by atoms with Gasteiger partial charge in [0.2, 0.25) is 5.95 Å². The summed E-state index contributed by atoms with van der Waals surface area (Å²) >= 11 is 0. The average Bonchev–Trinajstić information content (AvgIpc) is 2.57. The van der Waals surface area contributed by atoms with Crippen LogP contribution in [0.1, 0.15) is 40.0 Å². The molecule has 100 valence electrons. The predicted octanol–water partition coefficient (Wildman–Crippen LogP) is 2.48. The van der Waals surface area contributed by atoms with Crippen LogP contribution < -0.4 is 16.4 Å². The zero-order valence-corrected chi connectivity index (χ0v) is 11.5. The van der Waals surface area contributed by atoms with Crippen LogP contribution in [0.15, 0.2) is 6.07 Å². The molecule has 1 aromatic heterocycles. The Morgan fingerprint density at radius 1 is 1.39 bits per heavy atom. The van der Waals surface area contributed by atoms with Crippen molar-refractivity contribution >= 4 is 17.6 Å². The Labute approximate surface area is 109 Å². The quantitative estimate of drug-likeness (QED) is 0.764. The van der Waals surface area contributed by atoms with Crippen molar-refractivity contribution in [3.05, 3.63) is 6.07 Å². The molecule has 1 atom stereocenters. The summed E-state index contributed by atoms with van der Waals surface area (Å²) in [7, 11) is 0. The van der Waals surface area contributed by atoms with Gasteiger partial charge in [0, 0.05) is 18.7 Å². The summed E-state index contributed by atoms with van der Waals surface area (Å²) < 4.78 is 0. The van der Waals surface area contributed by atoms with Gasteiger partial charge in [-0.25, -0.2) is 0 Å². The predicted molar refractivity (Wildman–Crippen MR) is 75.7 cm³/mol. The molecule has 1 aliphatic rings. The molecule has 5 nitrogen and oxygen atoms in total. The topological polar surface area (TPSA) is 75.9 Å². The van der Waals surface area contributed by atoms with Crippen LogP contribution in [0.2, 0.25) is 0 Å². The van der Waals surface area contributed by atoms with Gasteiger partial charge in [0.25, 0.3) is 0 Å². The Morgan fingerprint density at radius 2 is 2.11 bits per heavy atom. The van der Waals surface area contributed by atoms with Gasteiger partial charge in [-0.1, -0.05) is 13.8 Å². The Balaban J connectivity index is 2.05. The molecule has 0 amide bonds. The van der Waals surface area contributed by atoms with Crippen LogP contribution in [0.5, 0.6) is 0 Å². The van der Waals surface area contributed by atoms with Crippen molar-refractivity contribution in [2.45, 2.75) is 46.1 Å². The highest BCUT2D eigenvalue weighted by Crippen LogP contribution is 2.38. The Hall–Kier alpha value is -1.52. The number of anilines is 3. The fourth-order valence-electron chi connectivity index (χ4n) is 2.58. The lowest BCUT2D eigenvalue weighted by atomic mass is 9.92. The van der Waals surface area contributed by atoms with Gasteiger partial charge < -0.3 is 16.4 Å². The van der Waals surface area contributed by atoms with E-state index in [0.29, 0.717) is 17.4 Å². The van der Waals surface area contributed by atoms with E-state index in [4.69, 9.17) is 5.73 Å². The zero-order chi connectivity index (χ0) is 13.2. The summed E-state index contributed by atoms with van der Waals surface area (Å²) in [5, 5.41) is 6.62. The van der Waals surface area contributed by atoms with Gasteiger partial charge in [0.1, 0.15) is 11.6 Å². The van der Waals surface area contributed by atoms with Crippen molar-refractivity contribution in [3.63, 3.8) is 0 Å². The molecule has 0 radical (unpaired) electrons. The van der Waals surface area contributed by atoms with Gasteiger partial charge in [0.05, 0.1) is 0 Å². The summed E-state index contributed by atoms with van der Waals surface area (Å²) in [5.74, 6) is 1.92. The van der Waals surface area contributed by atoms with E-state index in [1.807, 2.05) is 13.0 Å². The van der Waals surface area contributed by atoms with Gasteiger partial charge >= 0.3 is 0 Å². The lowest BCUT2D eigenvalue weighted by Gasteiger charge is -2.18. The van der Waals surface area contributed by atoms with E-state index in [1.54, 1.807) is 0 Å². The Kier molecular flexibility index (Phi) is 3.59. The highest BCUT2D eigenvalue weighted by Gasteiger charge is 2.30. The summed E-state index contributed by atoms with van der Waals surface area (Å²) in [4.78, 5) is 8.39. The molecular formula is C13H23N5. The number of aromatic nitrogens is 2. The Morgan fingerprint density at radius 3 is 2.72 bits per heavy atom. The van der Waals surface area contributed by atoms with E-state index in [1.165, 1.54) is 19.3 Å². The molecule has 1 aromatic rings. The highest BCUT2D eigenvalue weighted by molar-refractivity contribution is 5.51. The fraction of sp³-hybridized carbons (Fsp3) is 0.692. The first-order valence-electron chi connectivity index (χ1n) is 6.63. The van der Waals surface area contributed by atoms with Gasteiger partial charge in [-0.3, -0.25) is 0 Å². The van der Waals surface area contributed by atoms with E-state index >= 15 is 0 Å². The lowest BCUT2D eigenvalue weighted by Crippen LogP contribution is -2.19. The lowest BCUT2D eigenvalue weighted by molar-refractivity contribution is 0.378. The minimum atomic E-state index is 0.313. The molecule has 1 fully saturated rings. The van der Waals surface area contributed by atoms with Crippen molar-refractivity contribution in [2.24, 2.45) is 5.41 Å². The summed E-state index contributed by atoms with van der Waals surface area (Å²) in [6, 6.07) is 2.41.